The summed E-state index contributed by atoms with van der Waals surface area (Å²) >= 11 is 1.93. The van der Waals surface area contributed by atoms with Gasteiger partial charge in [0, 0.05) is 22.5 Å². The van der Waals surface area contributed by atoms with Crippen LogP contribution in [0.1, 0.15) is 32.1 Å². The van der Waals surface area contributed by atoms with Crippen LogP contribution in [0.3, 0.4) is 0 Å². The summed E-state index contributed by atoms with van der Waals surface area (Å²) in [5.74, 6) is -0.720. The zero-order valence-corrected chi connectivity index (χ0v) is 18.5. The van der Waals surface area contributed by atoms with E-state index >= 15 is 0 Å². The van der Waals surface area contributed by atoms with Crippen molar-refractivity contribution in [2.45, 2.75) is 53.5 Å². The second-order valence-corrected chi connectivity index (χ2v) is 9.69. The van der Waals surface area contributed by atoms with E-state index in [9.17, 15) is 18.3 Å². The van der Waals surface area contributed by atoms with Gasteiger partial charge in [0.15, 0.2) is 0 Å². The topological polar surface area (TPSA) is 86.3 Å². The molecule has 26 heavy (non-hydrogen) atoms. The molecule has 1 saturated heterocycles. The Bertz CT molecular complexity index is 739. The maximum Gasteiger partial charge on any atom is 1.00 e. The van der Waals surface area contributed by atoms with Crippen LogP contribution in [-0.4, -0.2) is 30.9 Å². The number of allylic oxidation sites excluding steroid dienone is 2. The van der Waals surface area contributed by atoms with Gasteiger partial charge in [0.05, 0.1) is 4.90 Å². The van der Waals surface area contributed by atoms with E-state index < -0.39 is 16.0 Å². The second-order valence-electron chi connectivity index (χ2n) is 6.55. The molecule has 5 nitrogen and oxygen atoms in total. The number of nitrogens with one attached hydrogen (secondary N) is 1. The molecule has 0 unspecified atom stereocenters. The van der Waals surface area contributed by atoms with Crippen molar-refractivity contribution in [3.8, 4) is 0 Å². The number of carbonyl (C=O) groups is 1. The van der Waals surface area contributed by atoms with Crippen molar-refractivity contribution >= 4 is 27.8 Å². The minimum atomic E-state index is -3.48. The average Bonchev–Trinajstić information content (AvgIpc) is 3.25. The Morgan fingerprint density at radius 1 is 1.27 bits per heavy atom. The Morgan fingerprint density at radius 2 is 2.00 bits per heavy atom. The summed E-state index contributed by atoms with van der Waals surface area (Å²) in [4.78, 5) is 10.7. The molecule has 1 aliphatic carbocycles. The number of unbranched alkanes of at least 4 members (excludes halogenated alkanes) is 1. The molecule has 136 valence electrons. The maximum absolute atomic E-state index is 12.5. The van der Waals surface area contributed by atoms with E-state index in [1.165, 1.54) is 0 Å². The number of carbonyl (C=O) groups excluding carboxylic acids is 1. The van der Waals surface area contributed by atoms with Crippen molar-refractivity contribution in [1.82, 2.24) is 4.72 Å². The van der Waals surface area contributed by atoms with Gasteiger partial charge in [0.25, 0.3) is 0 Å². The van der Waals surface area contributed by atoms with E-state index in [1.807, 2.05) is 17.8 Å². The van der Waals surface area contributed by atoms with Gasteiger partial charge in [-0.05, 0) is 50.2 Å². The number of hydrogen-bond acceptors (Lipinski definition) is 5. The fourth-order valence-electron chi connectivity index (χ4n) is 3.41. The van der Waals surface area contributed by atoms with Gasteiger partial charge in [-0.25, -0.2) is 13.1 Å². The molecule has 0 radical (unpaired) electrons. The van der Waals surface area contributed by atoms with Crippen molar-refractivity contribution in [2.75, 3.05) is 0 Å². The van der Waals surface area contributed by atoms with Crippen molar-refractivity contribution < 1.29 is 47.9 Å². The smallest absolute Gasteiger partial charge is 0.550 e. The first-order valence-corrected chi connectivity index (χ1v) is 11.0. The summed E-state index contributed by atoms with van der Waals surface area (Å²) in [6.07, 6.45) is 7.12. The number of carboxylic acids is 1. The van der Waals surface area contributed by atoms with E-state index in [0.717, 1.165) is 12.8 Å². The van der Waals surface area contributed by atoms with Crippen LogP contribution in [-0.2, 0) is 14.8 Å². The Morgan fingerprint density at radius 3 is 2.69 bits per heavy atom. The predicted octanol–water partition coefficient (Wildman–Crippen LogP) is -1.29. The summed E-state index contributed by atoms with van der Waals surface area (Å²) < 4.78 is 28.0. The zero-order chi connectivity index (χ0) is 17.9. The fourth-order valence-corrected chi connectivity index (χ4v) is 6.18. The number of thioether (sulfide) groups is 1. The number of hydrogen-bond donors (Lipinski definition) is 1. The molecular formula is C18H22NNaO4S2. The van der Waals surface area contributed by atoms with Gasteiger partial charge in [0.1, 0.15) is 0 Å². The molecular weight excluding hydrogens is 381 g/mol. The van der Waals surface area contributed by atoms with Crippen LogP contribution in [0.25, 0.3) is 0 Å². The number of benzene rings is 1. The molecule has 4 atom stereocenters. The van der Waals surface area contributed by atoms with Crippen LogP contribution in [0.5, 0.6) is 0 Å². The summed E-state index contributed by atoms with van der Waals surface area (Å²) in [5.41, 5.74) is 0. The Hall–Kier alpha value is -0.310. The SMILES string of the molecule is O=C([O-])CCC/C=C\C[C@H]1[C@H]2S[C@H]2C[C@@H]1NS(=O)(=O)c1ccccc1.[Na+]. The molecule has 2 fully saturated rings. The summed E-state index contributed by atoms with van der Waals surface area (Å²) in [7, 11) is -3.48. The number of carboxylic acid groups (broad SMARTS) is 1. The molecule has 2 aliphatic rings. The molecule has 1 saturated carbocycles. The maximum atomic E-state index is 12.5. The molecule has 1 aromatic rings. The molecule has 1 N–H and O–H groups in total. The molecule has 1 aliphatic heterocycles. The number of aliphatic carboxylic acids is 1. The van der Waals surface area contributed by atoms with E-state index in [1.54, 1.807) is 30.3 Å². The standard InChI is InChI=1S/C18H23NO4S2.Na/c20-17(21)11-7-2-1-6-10-14-15(12-16-18(14)24-16)19-25(22,23)13-8-4-3-5-9-13;/h1,3-6,8-9,14-16,18-19H,2,7,10-12H2,(H,20,21);/q;+1/p-1/b6-1-;/t14-,15+,16+,18-;/m1./s1. The molecule has 0 spiro atoms. The summed E-state index contributed by atoms with van der Waals surface area (Å²) in [6.45, 7) is 0. The summed E-state index contributed by atoms with van der Waals surface area (Å²) in [6, 6.07) is 8.44. The average molecular weight is 404 g/mol. The third-order valence-corrected chi connectivity index (χ3v) is 7.75. The largest absolute Gasteiger partial charge is 1.00 e. The van der Waals surface area contributed by atoms with Crippen molar-refractivity contribution in [2.24, 2.45) is 5.92 Å². The number of sulfonamides is 1. The van der Waals surface area contributed by atoms with Gasteiger partial charge < -0.3 is 9.90 Å². The Labute approximate surface area is 181 Å². The monoisotopic (exact) mass is 403 g/mol. The molecule has 0 aromatic heterocycles. The van der Waals surface area contributed by atoms with Crippen LogP contribution >= 0.6 is 11.8 Å². The molecule has 0 bridgehead atoms. The van der Waals surface area contributed by atoms with Gasteiger partial charge in [0.2, 0.25) is 10.0 Å². The van der Waals surface area contributed by atoms with Crippen LogP contribution in [0.2, 0.25) is 0 Å². The van der Waals surface area contributed by atoms with Crippen molar-refractivity contribution in [3.63, 3.8) is 0 Å². The minimum Gasteiger partial charge on any atom is -0.550 e. The molecule has 8 heteroatoms. The van der Waals surface area contributed by atoms with Gasteiger partial charge in [-0.15, -0.1) is 0 Å². The molecule has 3 rings (SSSR count). The summed E-state index contributed by atoms with van der Waals surface area (Å²) in [5, 5.41) is 11.5. The van der Waals surface area contributed by atoms with Gasteiger partial charge in [-0.3, -0.25) is 0 Å². The van der Waals surface area contributed by atoms with Gasteiger partial charge in [-0.2, -0.15) is 11.8 Å². The van der Waals surface area contributed by atoms with Crippen LogP contribution < -0.4 is 39.4 Å². The Kier molecular flexibility index (Phi) is 8.25. The quantitative estimate of drug-likeness (QED) is 0.240. The number of fused-ring (bicyclic) bond motifs is 1. The van der Waals surface area contributed by atoms with E-state index in [2.05, 4.69) is 10.8 Å². The first kappa shape index (κ1) is 22.0. The normalized spacial score (nSPS) is 27.1. The first-order valence-electron chi connectivity index (χ1n) is 8.55. The van der Waals surface area contributed by atoms with E-state index in [0.29, 0.717) is 34.2 Å². The minimum absolute atomic E-state index is 0. The molecule has 0 amide bonds. The van der Waals surface area contributed by atoms with Gasteiger partial charge >= 0.3 is 29.6 Å². The van der Waals surface area contributed by atoms with Gasteiger partial charge in [-0.1, -0.05) is 30.4 Å². The van der Waals surface area contributed by atoms with Crippen molar-refractivity contribution in [3.05, 3.63) is 42.5 Å². The van der Waals surface area contributed by atoms with Crippen molar-refractivity contribution in [1.29, 1.82) is 0 Å². The molecule has 1 aromatic carbocycles. The number of rotatable bonds is 9. The van der Waals surface area contributed by atoms with Crippen LogP contribution in [0, 0.1) is 5.92 Å². The van der Waals surface area contributed by atoms with E-state index in [-0.39, 0.29) is 42.0 Å². The zero-order valence-electron chi connectivity index (χ0n) is 14.8. The third kappa shape index (κ3) is 5.84. The first-order chi connectivity index (χ1) is 12.0. The third-order valence-electron chi connectivity index (χ3n) is 4.73. The second kappa shape index (κ2) is 9.75. The van der Waals surface area contributed by atoms with E-state index in [4.69, 9.17) is 0 Å². The Balaban J connectivity index is 0.00000243. The fraction of sp³-hybridized carbons (Fsp3) is 0.500. The van der Waals surface area contributed by atoms with Crippen LogP contribution in [0.15, 0.2) is 47.4 Å². The predicted molar refractivity (Wildman–Crippen MR) is 96.4 cm³/mol. The molecule has 1 heterocycles. The van der Waals surface area contributed by atoms with Crippen LogP contribution in [0.4, 0.5) is 0 Å².